The summed E-state index contributed by atoms with van der Waals surface area (Å²) in [6.45, 7) is 0. The van der Waals surface area contributed by atoms with Crippen molar-refractivity contribution in [1.82, 2.24) is 4.57 Å². The number of nitrogens with zero attached hydrogens (tertiary/aromatic N) is 2. The van der Waals surface area contributed by atoms with Crippen molar-refractivity contribution in [1.29, 1.82) is 0 Å². The van der Waals surface area contributed by atoms with E-state index >= 15 is 0 Å². The van der Waals surface area contributed by atoms with Crippen LogP contribution in [-0.4, -0.2) is 9.49 Å². The third-order valence-corrected chi connectivity index (χ3v) is 3.35. The van der Waals surface area contributed by atoms with Gasteiger partial charge in [0.1, 0.15) is 0 Å². The number of hydrogen-bond donors (Lipinski definition) is 0. The monoisotopic (exact) mass is 306 g/mol. The minimum atomic E-state index is -4.48. The lowest BCUT2D eigenvalue weighted by atomic mass is 10.1. The quantitative estimate of drug-likeness (QED) is 0.515. The van der Waals surface area contributed by atoms with Gasteiger partial charge in [-0.1, -0.05) is 12.1 Å². The molecule has 0 spiro atoms. The highest BCUT2D eigenvalue weighted by atomic mass is 19.4. The number of benzene rings is 2. The van der Waals surface area contributed by atoms with Crippen molar-refractivity contribution in [2.75, 3.05) is 0 Å². The van der Waals surface area contributed by atoms with E-state index in [1.54, 1.807) is 6.07 Å². The van der Waals surface area contributed by atoms with Gasteiger partial charge in [-0.15, -0.1) is 0 Å². The summed E-state index contributed by atoms with van der Waals surface area (Å²) in [6, 6.07) is 10.8. The van der Waals surface area contributed by atoms with Crippen LogP contribution < -0.4 is 0 Å². The Kier molecular flexibility index (Phi) is 3.13. The third-order valence-electron chi connectivity index (χ3n) is 3.35. The van der Waals surface area contributed by atoms with E-state index in [1.165, 1.54) is 47.2 Å². The van der Waals surface area contributed by atoms with Gasteiger partial charge in [0.15, 0.2) is 0 Å². The van der Waals surface area contributed by atoms with E-state index in [0.29, 0.717) is 10.9 Å². The Morgan fingerprint density at radius 3 is 2.45 bits per heavy atom. The largest absolute Gasteiger partial charge is 0.418 e. The van der Waals surface area contributed by atoms with Crippen molar-refractivity contribution < 1.29 is 18.1 Å². The van der Waals surface area contributed by atoms with Crippen LogP contribution in [0.3, 0.4) is 0 Å². The Balaban J connectivity index is 2.22. The first kappa shape index (κ1) is 14.1. The van der Waals surface area contributed by atoms with Gasteiger partial charge in [-0.2, -0.15) is 13.2 Å². The van der Waals surface area contributed by atoms with E-state index in [0.717, 1.165) is 6.07 Å². The van der Waals surface area contributed by atoms with Gasteiger partial charge in [0.2, 0.25) is 0 Å². The van der Waals surface area contributed by atoms with Crippen molar-refractivity contribution in [2.24, 2.45) is 0 Å². The maximum Gasteiger partial charge on any atom is 0.418 e. The molecule has 0 aliphatic heterocycles. The SMILES string of the molecule is O=[N+]([O-])c1ccc2c(ccn2-c2ccccc2C(F)(F)F)c1. The fourth-order valence-corrected chi connectivity index (χ4v) is 2.38. The molecule has 0 unspecified atom stereocenters. The Hall–Kier alpha value is -2.83. The molecule has 3 rings (SSSR count). The van der Waals surface area contributed by atoms with Crippen molar-refractivity contribution in [3.8, 4) is 5.69 Å². The Morgan fingerprint density at radius 1 is 1.05 bits per heavy atom. The molecule has 0 saturated carbocycles. The third kappa shape index (κ3) is 2.30. The lowest BCUT2D eigenvalue weighted by Crippen LogP contribution is -2.10. The van der Waals surface area contributed by atoms with Crippen LogP contribution in [0.2, 0.25) is 0 Å². The molecule has 0 N–H and O–H groups in total. The second kappa shape index (κ2) is 4.87. The van der Waals surface area contributed by atoms with Gasteiger partial charge in [0.05, 0.1) is 21.7 Å². The summed E-state index contributed by atoms with van der Waals surface area (Å²) < 4.78 is 40.7. The van der Waals surface area contributed by atoms with E-state index < -0.39 is 16.7 Å². The molecule has 0 aliphatic rings. The topological polar surface area (TPSA) is 48.1 Å². The maximum absolute atomic E-state index is 13.1. The molecule has 0 radical (unpaired) electrons. The molecule has 112 valence electrons. The maximum atomic E-state index is 13.1. The number of non-ortho nitro benzene ring substituents is 1. The normalized spacial score (nSPS) is 11.8. The number of aromatic nitrogens is 1. The molecular weight excluding hydrogens is 297 g/mol. The standard InChI is InChI=1S/C15H9F3N2O2/c16-15(17,18)12-3-1-2-4-14(12)19-8-7-10-9-11(20(21)22)5-6-13(10)19/h1-9H. The molecule has 3 aromatic rings. The number of nitro groups is 1. The number of rotatable bonds is 2. The number of nitro benzene ring substituents is 1. The first-order valence-electron chi connectivity index (χ1n) is 6.30. The minimum absolute atomic E-state index is 0.0150. The lowest BCUT2D eigenvalue weighted by Gasteiger charge is -2.14. The molecule has 4 nitrogen and oxygen atoms in total. The molecule has 0 aliphatic carbocycles. The Labute approximate surface area is 122 Å². The van der Waals surface area contributed by atoms with Crippen LogP contribution in [0.5, 0.6) is 0 Å². The molecule has 1 heterocycles. The summed E-state index contributed by atoms with van der Waals surface area (Å²) in [4.78, 5) is 10.2. The summed E-state index contributed by atoms with van der Waals surface area (Å²) in [5, 5.41) is 11.3. The molecule has 0 bridgehead atoms. The molecule has 0 amide bonds. The number of halogens is 3. The predicted octanol–water partition coefficient (Wildman–Crippen LogP) is 4.56. The van der Waals surface area contributed by atoms with E-state index in [-0.39, 0.29) is 11.4 Å². The second-order valence-corrected chi connectivity index (χ2v) is 4.70. The minimum Gasteiger partial charge on any atom is -0.316 e. The van der Waals surface area contributed by atoms with Crippen molar-refractivity contribution in [2.45, 2.75) is 6.18 Å². The van der Waals surface area contributed by atoms with Gasteiger partial charge in [-0.05, 0) is 24.3 Å². The number of hydrogen-bond acceptors (Lipinski definition) is 2. The first-order valence-corrected chi connectivity index (χ1v) is 6.30. The lowest BCUT2D eigenvalue weighted by molar-refractivity contribution is -0.384. The average molecular weight is 306 g/mol. The number of fused-ring (bicyclic) bond motifs is 1. The summed E-state index contributed by atoms with van der Waals surface area (Å²) in [6.07, 6.45) is -3.01. The van der Waals surface area contributed by atoms with E-state index in [1.807, 2.05) is 0 Å². The van der Waals surface area contributed by atoms with E-state index in [2.05, 4.69) is 0 Å². The summed E-state index contributed by atoms with van der Waals surface area (Å²) >= 11 is 0. The van der Waals surface area contributed by atoms with E-state index in [9.17, 15) is 23.3 Å². The molecule has 1 aromatic heterocycles. The highest BCUT2D eigenvalue weighted by Crippen LogP contribution is 2.35. The van der Waals surface area contributed by atoms with Gasteiger partial charge in [-0.3, -0.25) is 10.1 Å². The second-order valence-electron chi connectivity index (χ2n) is 4.70. The van der Waals surface area contributed by atoms with Gasteiger partial charge < -0.3 is 4.57 Å². The van der Waals surface area contributed by atoms with Crippen molar-refractivity contribution >= 4 is 16.6 Å². The summed E-state index contributed by atoms with van der Waals surface area (Å²) in [7, 11) is 0. The fourth-order valence-electron chi connectivity index (χ4n) is 2.38. The molecule has 0 atom stereocenters. The van der Waals surface area contributed by atoms with Gasteiger partial charge in [0, 0.05) is 23.7 Å². The molecule has 2 aromatic carbocycles. The average Bonchev–Trinajstić information content (AvgIpc) is 2.89. The Morgan fingerprint density at radius 2 is 1.77 bits per heavy atom. The molecule has 22 heavy (non-hydrogen) atoms. The van der Waals surface area contributed by atoms with Crippen LogP contribution in [0.4, 0.5) is 18.9 Å². The molecule has 0 saturated heterocycles. The smallest absolute Gasteiger partial charge is 0.316 e. The molecule has 0 fully saturated rings. The zero-order chi connectivity index (χ0) is 15.9. The highest BCUT2D eigenvalue weighted by molar-refractivity contribution is 5.84. The Bertz CT molecular complexity index is 869. The van der Waals surface area contributed by atoms with Crippen LogP contribution in [0, 0.1) is 10.1 Å². The van der Waals surface area contributed by atoms with Crippen LogP contribution >= 0.6 is 0 Å². The summed E-state index contributed by atoms with van der Waals surface area (Å²) in [5.41, 5.74) is -0.402. The van der Waals surface area contributed by atoms with Crippen LogP contribution in [0.15, 0.2) is 54.7 Å². The molecular formula is C15H9F3N2O2. The highest BCUT2D eigenvalue weighted by Gasteiger charge is 2.33. The zero-order valence-corrected chi connectivity index (χ0v) is 11.0. The first-order chi connectivity index (χ1) is 10.4. The fraction of sp³-hybridized carbons (Fsp3) is 0.0667. The zero-order valence-electron chi connectivity index (χ0n) is 11.0. The molecule has 7 heteroatoms. The van der Waals surface area contributed by atoms with Crippen LogP contribution in [-0.2, 0) is 6.18 Å². The van der Waals surface area contributed by atoms with Crippen LogP contribution in [0.1, 0.15) is 5.56 Å². The summed E-state index contributed by atoms with van der Waals surface area (Å²) in [5.74, 6) is 0. The van der Waals surface area contributed by atoms with Crippen LogP contribution in [0.25, 0.3) is 16.6 Å². The van der Waals surface area contributed by atoms with Gasteiger partial charge in [0.25, 0.3) is 5.69 Å². The van der Waals surface area contributed by atoms with Crippen molar-refractivity contribution in [3.63, 3.8) is 0 Å². The predicted molar refractivity (Wildman–Crippen MR) is 74.9 cm³/mol. The van der Waals surface area contributed by atoms with Gasteiger partial charge in [-0.25, -0.2) is 0 Å². The van der Waals surface area contributed by atoms with E-state index in [4.69, 9.17) is 0 Å². The van der Waals surface area contributed by atoms with Crippen molar-refractivity contribution in [3.05, 3.63) is 70.4 Å². The number of para-hydroxylation sites is 1. The number of alkyl halides is 3. The van der Waals surface area contributed by atoms with Gasteiger partial charge >= 0.3 is 6.18 Å².